The Morgan fingerprint density at radius 2 is 1.63 bits per heavy atom. The molecule has 0 radical (unpaired) electrons. The number of aliphatic imine (C=N–C) groups is 2. The molecule has 7 nitrogen and oxygen atoms in total. The van der Waals surface area contributed by atoms with Gasteiger partial charge in [0.1, 0.15) is 0 Å². The Balaban J connectivity index is 0.000000436. The van der Waals surface area contributed by atoms with Gasteiger partial charge in [0, 0.05) is 39.1 Å². The van der Waals surface area contributed by atoms with Gasteiger partial charge >= 0.3 is 11.9 Å². The Bertz CT molecular complexity index is 1190. The van der Waals surface area contributed by atoms with Crippen LogP contribution < -0.4 is 0 Å². The zero-order chi connectivity index (χ0) is 27.3. The molecular weight excluding hydrogens is 545 g/mol. The number of halogens is 2. The summed E-state index contributed by atoms with van der Waals surface area (Å²) in [7, 11) is 0. The van der Waals surface area contributed by atoms with E-state index in [9.17, 15) is 9.59 Å². The Kier molecular flexibility index (Phi) is 12.3. The molecule has 0 bridgehead atoms. The quantitative estimate of drug-likeness (QED) is 0.285. The van der Waals surface area contributed by atoms with Gasteiger partial charge in [0.25, 0.3) is 0 Å². The van der Waals surface area contributed by atoms with Gasteiger partial charge in [0.15, 0.2) is 0 Å². The van der Waals surface area contributed by atoms with E-state index in [0.29, 0.717) is 28.7 Å². The molecule has 1 saturated heterocycles. The van der Waals surface area contributed by atoms with Crippen LogP contribution in [0.15, 0.2) is 64.6 Å². The second kappa shape index (κ2) is 15.7. The fourth-order valence-corrected chi connectivity index (χ4v) is 5.36. The SMILES string of the molecule is Clc1ccc2c(c1)C(c1ccccc1Cl)=NCC(SCCCN1CCCCCC1)=N2.O=C(O)C=CC(=O)O. The molecule has 1 fully saturated rings. The molecule has 0 saturated carbocycles. The number of fused-ring (bicyclic) bond motifs is 1. The predicted molar refractivity (Wildman–Crippen MR) is 157 cm³/mol. The fourth-order valence-electron chi connectivity index (χ4n) is 4.14. The molecule has 2 aromatic rings. The van der Waals surface area contributed by atoms with Gasteiger partial charge < -0.3 is 15.1 Å². The molecular formula is C28H31Cl2N3O4S. The van der Waals surface area contributed by atoms with E-state index in [1.54, 1.807) is 0 Å². The molecule has 2 aromatic carbocycles. The van der Waals surface area contributed by atoms with Gasteiger partial charge in [-0.2, -0.15) is 0 Å². The molecule has 0 spiro atoms. The van der Waals surface area contributed by atoms with Crippen molar-refractivity contribution in [2.75, 3.05) is 31.9 Å². The van der Waals surface area contributed by atoms with Crippen molar-refractivity contribution in [3.63, 3.8) is 0 Å². The summed E-state index contributed by atoms with van der Waals surface area (Å²) < 4.78 is 0. The highest BCUT2D eigenvalue weighted by molar-refractivity contribution is 8.14. The van der Waals surface area contributed by atoms with Crippen molar-refractivity contribution in [3.8, 4) is 0 Å². The lowest BCUT2D eigenvalue weighted by Crippen LogP contribution is -2.26. The minimum Gasteiger partial charge on any atom is -0.478 e. The second-order valence-electron chi connectivity index (χ2n) is 8.78. The first-order valence-corrected chi connectivity index (χ1v) is 14.2. The number of carboxylic acid groups (broad SMARTS) is 2. The smallest absolute Gasteiger partial charge is 0.328 e. The molecule has 2 N–H and O–H groups in total. The molecule has 2 aliphatic heterocycles. The van der Waals surface area contributed by atoms with Gasteiger partial charge in [-0.3, -0.25) is 4.99 Å². The summed E-state index contributed by atoms with van der Waals surface area (Å²) in [5, 5.41) is 18.0. The lowest BCUT2D eigenvalue weighted by molar-refractivity contribution is -0.134. The molecule has 38 heavy (non-hydrogen) atoms. The van der Waals surface area contributed by atoms with Gasteiger partial charge in [-0.25, -0.2) is 14.6 Å². The van der Waals surface area contributed by atoms with Crippen molar-refractivity contribution in [2.45, 2.75) is 32.1 Å². The minimum atomic E-state index is -1.26. The Hall–Kier alpha value is -2.65. The van der Waals surface area contributed by atoms with Gasteiger partial charge in [-0.1, -0.05) is 54.2 Å². The molecule has 4 rings (SSSR count). The van der Waals surface area contributed by atoms with Gasteiger partial charge in [0.05, 0.1) is 23.0 Å². The number of hydrogen-bond acceptors (Lipinski definition) is 6. The van der Waals surface area contributed by atoms with Crippen LogP contribution in [-0.4, -0.2) is 69.7 Å². The molecule has 0 aromatic heterocycles. The van der Waals surface area contributed by atoms with Crippen molar-refractivity contribution in [3.05, 3.63) is 75.8 Å². The maximum absolute atomic E-state index is 9.55. The van der Waals surface area contributed by atoms with Gasteiger partial charge in [0.2, 0.25) is 0 Å². The summed E-state index contributed by atoms with van der Waals surface area (Å²) >= 11 is 14.6. The number of likely N-dealkylation sites (tertiary alicyclic amines) is 1. The van der Waals surface area contributed by atoms with E-state index in [4.69, 9.17) is 43.4 Å². The summed E-state index contributed by atoms with van der Waals surface area (Å²) in [6.07, 6.45) is 7.76. The molecule has 0 unspecified atom stereocenters. The van der Waals surface area contributed by atoms with Crippen LogP contribution in [0.25, 0.3) is 0 Å². The number of hydrogen-bond donors (Lipinski definition) is 2. The van der Waals surface area contributed by atoms with Crippen molar-refractivity contribution in [1.29, 1.82) is 0 Å². The first-order valence-electron chi connectivity index (χ1n) is 12.5. The lowest BCUT2D eigenvalue weighted by Gasteiger charge is -2.19. The van der Waals surface area contributed by atoms with Crippen molar-refractivity contribution in [1.82, 2.24) is 4.90 Å². The highest BCUT2D eigenvalue weighted by Gasteiger charge is 2.19. The van der Waals surface area contributed by atoms with Crippen LogP contribution in [-0.2, 0) is 9.59 Å². The van der Waals surface area contributed by atoms with Crippen LogP contribution >= 0.6 is 35.0 Å². The number of thioether (sulfide) groups is 1. The van der Waals surface area contributed by atoms with Gasteiger partial charge in [-0.15, -0.1) is 11.8 Å². The average Bonchev–Trinajstić information content (AvgIpc) is 3.25. The highest BCUT2D eigenvalue weighted by atomic mass is 35.5. The van der Waals surface area contributed by atoms with E-state index < -0.39 is 11.9 Å². The molecule has 2 aliphatic rings. The van der Waals surface area contributed by atoms with Crippen LogP contribution in [0.1, 0.15) is 43.2 Å². The zero-order valence-corrected chi connectivity index (χ0v) is 23.3. The number of carboxylic acids is 2. The van der Waals surface area contributed by atoms with Crippen LogP contribution in [0.4, 0.5) is 5.69 Å². The fraction of sp³-hybridized carbons (Fsp3) is 0.357. The summed E-state index contributed by atoms with van der Waals surface area (Å²) in [4.78, 5) is 31.6. The third-order valence-electron chi connectivity index (χ3n) is 5.91. The molecule has 0 amide bonds. The maximum Gasteiger partial charge on any atom is 0.328 e. The van der Waals surface area contributed by atoms with Crippen LogP contribution in [0.5, 0.6) is 0 Å². The summed E-state index contributed by atoms with van der Waals surface area (Å²) in [6.45, 7) is 4.26. The summed E-state index contributed by atoms with van der Waals surface area (Å²) in [5.41, 5.74) is 3.63. The normalized spacial score (nSPS) is 15.8. The lowest BCUT2D eigenvalue weighted by atomic mass is 10.0. The van der Waals surface area contributed by atoms with Crippen LogP contribution in [0, 0.1) is 0 Å². The molecule has 10 heteroatoms. The second-order valence-corrected chi connectivity index (χ2v) is 10.8. The average molecular weight is 577 g/mol. The standard InChI is InChI=1S/C24H27Cl2N3S.C4H4O4/c25-18-10-11-22-20(16-18)24(19-8-3-4-9-21(19)26)27-17-23(28-22)30-15-7-14-29-12-5-1-2-6-13-29;5-3(6)1-2-4(7)8/h3-4,8-11,16H,1-2,5-7,12-15,17H2;1-2H,(H,5,6)(H,7,8). The zero-order valence-electron chi connectivity index (χ0n) is 21.0. The Morgan fingerprint density at radius 1 is 0.947 bits per heavy atom. The van der Waals surface area contributed by atoms with E-state index in [0.717, 1.165) is 33.3 Å². The largest absolute Gasteiger partial charge is 0.478 e. The molecule has 2 heterocycles. The van der Waals surface area contributed by atoms with Crippen molar-refractivity contribution >= 4 is 63.3 Å². The van der Waals surface area contributed by atoms with Crippen LogP contribution in [0.3, 0.4) is 0 Å². The first kappa shape index (κ1) is 29.9. The molecule has 202 valence electrons. The number of rotatable bonds is 7. The monoisotopic (exact) mass is 575 g/mol. The Labute approximate surface area is 237 Å². The topological polar surface area (TPSA) is 103 Å². The molecule has 0 atom stereocenters. The summed E-state index contributed by atoms with van der Waals surface area (Å²) in [5.74, 6) is -1.45. The van der Waals surface area contributed by atoms with Gasteiger partial charge in [-0.05, 0) is 63.2 Å². The van der Waals surface area contributed by atoms with Crippen molar-refractivity contribution < 1.29 is 19.8 Å². The molecule has 0 aliphatic carbocycles. The Morgan fingerprint density at radius 3 is 2.29 bits per heavy atom. The third kappa shape index (κ3) is 9.91. The predicted octanol–water partition coefficient (Wildman–Crippen LogP) is 6.59. The van der Waals surface area contributed by atoms with Crippen LogP contribution in [0.2, 0.25) is 10.0 Å². The number of nitrogens with zero attached hydrogens (tertiary/aromatic N) is 3. The van der Waals surface area contributed by atoms with E-state index in [-0.39, 0.29) is 0 Å². The first-order chi connectivity index (χ1) is 18.3. The van der Waals surface area contributed by atoms with E-state index in [2.05, 4.69) is 4.90 Å². The number of benzene rings is 2. The van der Waals surface area contributed by atoms with E-state index >= 15 is 0 Å². The summed E-state index contributed by atoms with van der Waals surface area (Å²) in [6, 6.07) is 13.6. The van der Waals surface area contributed by atoms with E-state index in [1.807, 2.05) is 54.2 Å². The van der Waals surface area contributed by atoms with Crippen molar-refractivity contribution in [2.24, 2.45) is 9.98 Å². The number of aliphatic carboxylic acids is 2. The minimum absolute atomic E-state index is 0.558. The van der Waals surface area contributed by atoms with E-state index in [1.165, 1.54) is 51.7 Å². The number of carbonyl (C=O) groups is 2. The maximum atomic E-state index is 9.55. The highest BCUT2D eigenvalue weighted by Crippen LogP contribution is 2.32. The third-order valence-corrected chi connectivity index (χ3v) is 7.53.